The van der Waals surface area contributed by atoms with Crippen molar-refractivity contribution in [1.29, 1.82) is 0 Å². The minimum atomic E-state index is -0.382. The van der Waals surface area contributed by atoms with Gasteiger partial charge >= 0.3 is 0 Å². The van der Waals surface area contributed by atoms with Crippen molar-refractivity contribution in [3.8, 4) is 17.0 Å². The summed E-state index contributed by atoms with van der Waals surface area (Å²) in [7, 11) is 0. The maximum atomic E-state index is 12.6. The summed E-state index contributed by atoms with van der Waals surface area (Å²) in [5.74, 6) is 2.56. The Labute approximate surface area is 209 Å². The molecule has 6 rings (SSSR count). The van der Waals surface area contributed by atoms with Crippen LogP contribution in [0.15, 0.2) is 60.9 Å². The summed E-state index contributed by atoms with van der Waals surface area (Å²) in [4.78, 5) is 21.9. The maximum absolute atomic E-state index is 12.6. The molecule has 2 aliphatic rings. The van der Waals surface area contributed by atoms with E-state index in [-0.39, 0.29) is 12.0 Å². The van der Waals surface area contributed by atoms with Crippen LogP contribution in [0.1, 0.15) is 49.4 Å². The molecule has 2 fully saturated rings. The number of nitrogens with zero attached hydrogens (tertiary/aromatic N) is 3. The molecule has 1 saturated heterocycles. The van der Waals surface area contributed by atoms with E-state index >= 15 is 0 Å². The largest absolute Gasteiger partial charge is 0.489 e. The lowest BCUT2D eigenvalue weighted by molar-refractivity contribution is -0.124. The van der Waals surface area contributed by atoms with E-state index in [0.717, 1.165) is 59.5 Å². The first kappa shape index (κ1) is 22.5. The molecule has 1 aliphatic carbocycles. The Morgan fingerprint density at radius 2 is 2.03 bits per heavy atom. The van der Waals surface area contributed by atoms with Crippen molar-refractivity contribution in [3.05, 3.63) is 72.3 Å². The Kier molecular flexibility index (Phi) is 6.03. The number of nitrogens with one attached hydrogen (secondary N) is 1. The zero-order chi connectivity index (χ0) is 24.5. The molecular weight excluding hydrogens is 454 g/mol. The second-order valence-electron chi connectivity index (χ2n) is 9.44. The molecule has 4 aromatic rings. The molecule has 0 spiro atoms. The number of imidazole rings is 1. The fourth-order valence-electron chi connectivity index (χ4n) is 4.90. The van der Waals surface area contributed by atoms with Crippen molar-refractivity contribution in [2.24, 2.45) is 0 Å². The first-order chi connectivity index (χ1) is 17.7. The number of rotatable bonds is 7. The fourth-order valence-corrected chi connectivity index (χ4v) is 4.90. The van der Waals surface area contributed by atoms with Gasteiger partial charge in [0.15, 0.2) is 0 Å². The Balaban J connectivity index is 1.24. The molecule has 8 heteroatoms. The average Bonchev–Trinajstić information content (AvgIpc) is 3.53. The topological polar surface area (TPSA) is 104 Å². The summed E-state index contributed by atoms with van der Waals surface area (Å²) in [6.07, 6.45) is 8.47. The second kappa shape index (κ2) is 9.62. The number of nitrogens with two attached hydrogens (primary N) is 1. The minimum Gasteiger partial charge on any atom is -0.489 e. The molecule has 2 aromatic heterocycles. The summed E-state index contributed by atoms with van der Waals surface area (Å²) >= 11 is 0. The first-order valence-corrected chi connectivity index (χ1v) is 12.5. The third-order valence-electron chi connectivity index (χ3n) is 7.08. The molecule has 3 N–H and O–H groups in total. The molecule has 0 bridgehead atoms. The Morgan fingerprint density at radius 1 is 1.14 bits per heavy atom. The highest BCUT2D eigenvalue weighted by Crippen LogP contribution is 2.39. The van der Waals surface area contributed by atoms with E-state index in [0.29, 0.717) is 30.7 Å². The van der Waals surface area contributed by atoms with Gasteiger partial charge in [0.2, 0.25) is 0 Å². The molecule has 36 heavy (non-hydrogen) atoms. The number of carbonyl (C=O) groups excluding carboxylic acids is 1. The Bertz CT molecular complexity index is 1410. The van der Waals surface area contributed by atoms with Gasteiger partial charge in [0.1, 0.15) is 41.3 Å². The lowest BCUT2D eigenvalue weighted by atomic mass is 9.85. The number of hydrogen-bond donors (Lipinski definition) is 2. The number of para-hydroxylation sites is 1. The molecular formula is C28H29N5O3. The molecule has 1 saturated carbocycles. The first-order valence-electron chi connectivity index (χ1n) is 12.5. The van der Waals surface area contributed by atoms with Crippen molar-refractivity contribution >= 4 is 22.9 Å². The maximum Gasteiger partial charge on any atom is 0.253 e. The van der Waals surface area contributed by atoms with Gasteiger partial charge in [-0.15, -0.1) is 0 Å². The van der Waals surface area contributed by atoms with Crippen LogP contribution in [-0.4, -0.2) is 33.0 Å². The monoisotopic (exact) mass is 483 g/mol. The highest BCUT2D eigenvalue weighted by Gasteiger charge is 2.27. The molecule has 1 unspecified atom stereocenters. The number of anilines is 2. The molecule has 0 radical (unpaired) electrons. The van der Waals surface area contributed by atoms with Crippen LogP contribution in [0.3, 0.4) is 0 Å². The predicted octanol–water partition coefficient (Wildman–Crippen LogP) is 4.94. The number of fused-ring (bicyclic) bond motifs is 1. The summed E-state index contributed by atoms with van der Waals surface area (Å²) in [6, 6.07) is 15.5. The van der Waals surface area contributed by atoms with E-state index in [1.807, 2.05) is 54.7 Å². The third kappa shape index (κ3) is 4.28. The van der Waals surface area contributed by atoms with Crippen LogP contribution in [0, 0.1) is 0 Å². The van der Waals surface area contributed by atoms with Crippen molar-refractivity contribution in [1.82, 2.24) is 14.4 Å². The molecule has 1 amide bonds. The van der Waals surface area contributed by atoms with Gasteiger partial charge in [0.05, 0.1) is 0 Å². The quantitative estimate of drug-likeness (QED) is 0.386. The standard InChI is InChI=1S/C28H29N5O3/c29-26-25-24(32-27(18-7-3-8-18)33(25)14-13-30-26)19-9-4-10-21(16-19)36-17-20-6-1-2-11-22(20)31-28(34)23-12-5-15-35-23/h1-2,4,6,9-11,13-14,16,18,23H,3,5,7-8,12,15,17H2,(H2,29,30)(H,31,34). The van der Waals surface area contributed by atoms with Crippen molar-refractivity contribution < 1.29 is 14.3 Å². The Morgan fingerprint density at radius 3 is 2.83 bits per heavy atom. The van der Waals surface area contributed by atoms with Crippen LogP contribution in [0.4, 0.5) is 11.5 Å². The van der Waals surface area contributed by atoms with Gasteiger partial charge in [-0.2, -0.15) is 0 Å². The summed E-state index contributed by atoms with van der Waals surface area (Å²) in [5, 5.41) is 3.00. The highest BCUT2D eigenvalue weighted by atomic mass is 16.5. The van der Waals surface area contributed by atoms with Gasteiger partial charge in [0, 0.05) is 41.7 Å². The third-order valence-corrected chi connectivity index (χ3v) is 7.08. The lowest BCUT2D eigenvalue weighted by Gasteiger charge is -2.23. The van der Waals surface area contributed by atoms with E-state index in [1.54, 1.807) is 6.20 Å². The van der Waals surface area contributed by atoms with Crippen LogP contribution in [0.5, 0.6) is 5.75 Å². The normalized spacial score (nSPS) is 17.7. The molecule has 184 valence electrons. The van der Waals surface area contributed by atoms with E-state index in [9.17, 15) is 4.79 Å². The van der Waals surface area contributed by atoms with E-state index < -0.39 is 0 Å². The molecule has 8 nitrogen and oxygen atoms in total. The highest BCUT2D eigenvalue weighted by molar-refractivity contribution is 5.95. The smallest absolute Gasteiger partial charge is 0.253 e. The summed E-state index contributed by atoms with van der Waals surface area (Å²) in [5.41, 5.74) is 10.5. The van der Waals surface area contributed by atoms with Gasteiger partial charge in [-0.1, -0.05) is 36.8 Å². The number of carbonyl (C=O) groups is 1. The number of hydrogen-bond acceptors (Lipinski definition) is 6. The lowest BCUT2D eigenvalue weighted by Crippen LogP contribution is -2.27. The van der Waals surface area contributed by atoms with E-state index in [2.05, 4.69) is 14.7 Å². The van der Waals surface area contributed by atoms with Crippen molar-refractivity contribution in [2.75, 3.05) is 17.7 Å². The van der Waals surface area contributed by atoms with Gasteiger partial charge in [-0.3, -0.25) is 9.20 Å². The van der Waals surface area contributed by atoms with Crippen LogP contribution in [0.2, 0.25) is 0 Å². The van der Waals surface area contributed by atoms with E-state index in [1.165, 1.54) is 6.42 Å². The van der Waals surface area contributed by atoms with Crippen LogP contribution in [0.25, 0.3) is 16.8 Å². The van der Waals surface area contributed by atoms with Gasteiger partial charge < -0.3 is 20.5 Å². The van der Waals surface area contributed by atoms with Crippen LogP contribution >= 0.6 is 0 Å². The fraction of sp³-hybridized carbons (Fsp3) is 0.321. The zero-order valence-electron chi connectivity index (χ0n) is 20.0. The van der Waals surface area contributed by atoms with Gasteiger partial charge in [0.25, 0.3) is 5.91 Å². The number of aromatic nitrogens is 3. The predicted molar refractivity (Wildman–Crippen MR) is 138 cm³/mol. The van der Waals surface area contributed by atoms with Crippen LogP contribution in [-0.2, 0) is 16.1 Å². The van der Waals surface area contributed by atoms with Crippen molar-refractivity contribution in [3.63, 3.8) is 0 Å². The Hall–Kier alpha value is -3.91. The average molecular weight is 484 g/mol. The second-order valence-corrected chi connectivity index (χ2v) is 9.44. The number of nitrogen functional groups attached to an aromatic ring is 1. The minimum absolute atomic E-state index is 0.109. The van der Waals surface area contributed by atoms with Crippen LogP contribution < -0.4 is 15.8 Å². The van der Waals surface area contributed by atoms with Crippen molar-refractivity contribution in [2.45, 2.75) is 50.7 Å². The van der Waals surface area contributed by atoms with Gasteiger partial charge in [-0.25, -0.2) is 9.97 Å². The molecule has 1 atom stereocenters. The van der Waals surface area contributed by atoms with Gasteiger partial charge in [-0.05, 0) is 43.9 Å². The zero-order valence-corrected chi connectivity index (χ0v) is 20.0. The number of ether oxygens (including phenoxy) is 2. The SMILES string of the molecule is Nc1nccn2c(C3CCC3)nc(-c3cccc(OCc4ccccc4NC(=O)C4CCCO4)c3)c12. The summed E-state index contributed by atoms with van der Waals surface area (Å²) in [6.45, 7) is 0.946. The number of amides is 1. The molecule has 1 aliphatic heterocycles. The molecule has 3 heterocycles. The van der Waals surface area contributed by atoms with E-state index in [4.69, 9.17) is 20.2 Å². The number of benzene rings is 2. The summed E-state index contributed by atoms with van der Waals surface area (Å²) < 4.78 is 13.8. The molecule has 2 aromatic carbocycles.